The van der Waals surface area contributed by atoms with Crippen molar-refractivity contribution in [3.63, 3.8) is 0 Å². The molecule has 1 heterocycles. The highest BCUT2D eigenvalue weighted by atomic mass is 15.1. The van der Waals surface area contributed by atoms with Crippen molar-refractivity contribution in [1.82, 2.24) is 4.57 Å². The van der Waals surface area contributed by atoms with Crippen LogP contribution in [0.4, 0.5) is 17.1 Å². The molecule has 0 fully saturated rings. The van der Waals surface area contributed by atoms with Crippen LogP contribution in [-0.4, -0.2) is 4.57 Å². The molecule has 2 aliphatic carbocycles. The molecule has 1 aromatic heterocycles. The highest BCUT2D eigenvalue weighted by Gasteiger charge is 2.46. The van der Waals surface area contributed by atoms with E-state index in [9.17, 15) is 0 Å². The van der Waals surface area contributed by atoms with Gasteiger partial charge in [0, 0.05) is 33.5 Å². The summed E-state index contributed by atoms with van der Waals surface area (Å²) in [5, 5.41) is 2.47. The lowest BCUT2D eigenvalue weighted by Gasteiger charge is -2.35. The highest BCUT2D eigenvalue weighted by Crippen LogP contribution is 2.57. The number of hydrogen-bond donors (Lipinski definition) is 0. The van der Waals surface area contributed by atoms with E-state index in [1.807, 2.05) is 12.2 Å². The Balaban J connectivity index is 0.915. The zero-order chi connectivity index (χ0) is 50.0. The second-order valence-corrected chi connectivity index (χ2v) is 20.1. The van der Waals surface area contributed by atoms with Crippen molar-refractivity contribution in [1.29, 1.82) is 0 Å². The predicted molar refractivity (Wildman–Crippen MR) is 317 cm³/mol. The van der Waals surface area contributed by atoms with Crippen LogP contribution in [0, 0.1) is 0 Å². The normalized spacial score (nSPS) is 14.2. The minimum absolute atomic E-state index is 0.561. The Hall–Kier alpha value is -9.50. The van der Waals surface area contributed by atoms with Crippen LogP contribution in [0.15, 0.2) is 268 Å². The zero-order valence-electron chi connectivity index (χ0n) is 41.6. The average Bonchev–Trinajstić information content (AvgIpc) is 4.08. The second kappa shape index (κ2) is 17.9. The Morgan fingerprint density at radius 1 is 0.360 bits per heavy atom. The van der Waals surface area contributed by atoms with Crippen LogP contribution in [0.2, 0.25) is 0 Å². The molecule has 12 aromatic rings. The molecule has 1 atom stereocenters. The summed E-state index contributed by atoms with van der Waals surface area (Å²) in [6, 6.07) is 94.6. The van der Waals surface area contributed by atoms with E-state index in [0.29, 0.717) is 0 Å². The summed E-state index contributed by atoms with van der Waals surface area (Å²) >= 11 is 0. The standard InChI is InChI=1S/C73H52N2/c1-3-49-19-33-60(34-20-49)73(59-15-9-6-10-16-59)69-18-12-11-17-65(69)66-42-41-64(48-70(66)73)74(61-37-27-52(28-38-61)51-13-7-5-8-14-51)62-39-29-54(30-40-62)57-31-43-71-67(46-57)68-47-58(56-26-24-53-23-25-55(53)45-56)32-44-72(68)75(71)63-35-21-50(4-2)22-36-63/h3-22,24,26-48H,1-2,23,25H2. The minimum Gasteiger partial charge on any atom is -0.310 e. The largest absolute Gasteiger partial charge is 0.310 e. The van der Waals surface area contributed by atoms with E-state index in [1.54, 1.807) is 0 Å². The number of rotatable bonds is 11. The first kappa shape index (κ1) is 44.2. The van der Waals surface area contributed by atoms with Crippen molar-refractivity contribution < 1.29 is 0 Å². The van der Waals surface area contributed by atoms with Gasteiger partial charge < -0.3 is 9.47 Å². The van der Waals surface area contributed by atoms with Gasteiger partial charge in [-0.3, -0.25) is 0 Å². The fraction of sp³-hybridized carbons (Fsp3) is 0.0411. The van der Waals surface area contributed by atoms with Crippen LogP contribution < -0.4 is 4.90 Å². The van der Waals surface area contributed by atoms with E-state index in [-0.39, 0.29) is 0 Å². The van der Waals surface area contributed by atoms with Crippen LogP contribution in [0.25, 0.3) is 84.2 Å². The van der Waals surface area contributed by atoms with Crippen LogP contribution in [0.5, 0.6) is 0 Å². The fourth-order valence-electron chi connectivity index (χ4n) is 12.2. The van der Waals surface area contributed by atoms with Gasteiger partial charge >= 0.3 is 0 Å². The smallest absolute Gasteiger partial charge is 0.0714 e. The van der Waals surface area contributed by atoms with Crippen LogP contribution in [-0.2, 0) is 18.3 Å². The maximum absolute atomic E-state index is 4.09. The molecule has 2 heteroatoms. The molecule has 2 aliphatic rings. The number of hydrogen-bond acceptors (Lipinski definition) is 1. The summed E-state index contributed by atoms with van der Waals surface area (Å²) in [5.74, 6) is 0. The maximum Gasteiger partial charge on any atom is 0.0714 e. The molecule has 0 spiro atoms. The van der Waals surface area contributed by atoms with Crippen molar-refractivity contribution in [2.24, 2.45) is 0 Å². The molecule has 0 N–H and O–H groups in total. The van der Waals surface area contributed by atoms with Gasteiger partial charge in [0.15, 0.2) is 0 Å². The van der Waals surface area contributed by atoms with Crippen LogP contribution in [0.3, 0.4) is 0 Å². The first-order valence-electron chi connectivity index (χ1n) is 26.1. The lowest BCUT2D eigenvalue weighted by molar-refractivity contribution is 0.768. The summed E-state index contributed by atoms with van der Waals surface area (Å²) in [6.45, 7) is 8.10. The van der Waals surface area contributed by atoms with Gasteiger partial charge in [-0.05, 0) is 175 Å². The first-order chi connectivity index (χ1) is 37.0. The molecule has 0 saturated carbocycles. The third-order valence-corrected chi connectivity index (χ3v) is 16.1. The van der Waals surface area contributed by atoms with Crippen molar-refractivity contribution in [3.05, 3.63) is 312 Å². The molecular weight excluding hydrogens is 905 g/mol. The third kappa shape index (κ3) is 7.24. The number of benzene rings is 11. The lowest BCUT2D eigenvalue weighted by atomic mass is 9.67. The monoisotopic (exact) mass is 956 g/mol. The molecule has 354 valence electrons. The topological polar surface area (TPSA) is 8.17 Å². The van der Waals surface area contributed by atoms with Crippen molar-refractivity contribution in [2.75, 3.05) is 4.90 Å². The number of aryl methyl sites for hydroxylation is 2. The Bertz CT molecular complexity index is 4160. The van der Waals surface area contributed by atoms with Crippen molar-refractivity contribution in [2.45, 2.75) is 18.3 Å². The molecular formula is C73H52N2. The molecule has 75 heavy (non-hydrogen) atoms. The Labute approximate surface area is 439 Å². The molecule has 0 amide bonds. The summed E-state index contributed by atoms with van der Waals surface area (Å²) < 4.78 is 2.41. The SMILES string of the molecule is C=Cc1ccc(-n2c3ccc(-c4ccc(N(c5ccc(-c6ccccc6)cc5)c5ccc6c(c5)C(c5ccccc5)(c5ccc(C=C)cc5)c5ccccc5-6)cc4)cc3c3cc(-c4ccc5c(c4)CC5)ccc32)cc1. The fourth-order valence-corrected chi connectivity index (χ4v) is 12.2. The van der Waals surface area contributed by atoms with Gasteiger partial charge in [0.25, 0.3) is 0 Å². The van der Waals surface area contributed by atoms with Gasteiger partial charge in [0.05, 0.1) is 16.4 Å². The molecule has 2 nitrogen and oxygen atoms in total. The summed E-state index contributed by atoms with van der Waals surface area (Å²) in [5.41, 5.74) is 26.1. The highest BCUT2D eigenvalue weighted by molar-refractivity contribution is 6.11. The summed E-state index contributed by atoms with van der Waals surface area (Å²) in [6.07, 6.45) is 6.17. The number of fused-ring (bicyclic) bond motifs is 7. The Kier molecular flexibility index (Phi) is 10.6. The molecule has 0 radical (unpaired) electrons. The van der Waals surface area contributed by atoms with Gasteiger partial charge in [-0.2, -0.15) is 0 Å². The molecule has 0 aliphatic heterocycles. The second-order valence-electron chi connectivity index (χ2n) is 20.1. The Morgan fingerprint density at radius 3 is 1.45 bits per heavy atom. The quantitative estimate of drug-likeness (QED) is 0.125. The average molecular weight is 957 g/mol. The number of aromatic nitrogens is 1. The van der Waals surface area contributed by atoms with E-state index < -0.39 is 5.41 Å². The van der Waals surface area contributed by atoms with Gasteiger partial charge in [-0.15, -0.1) is 0 Å². The summed E-state index contributed by atoms with van der Waals surface area (Å²) in [7, 11) is 0. The van der Waals surface area contributed by atoms with Gasteiger partial charge in [0.1, 0.15) is 0 Å². The molecule has 1 unspecified atom stereocenters. The van der Waals surface area contributed by atoms with Crippen molar-refractivity contribution >= 4 is 51.0 Å². The summed E-state index contributed by atoms with van der Waals surface area (Å²) in [4.78, 5) is 2.42. The van der Waals surface area contributed by atoms with Gasteiger partial charge in [-0.1, -0.05) is 207 Å². The maximum atomic E-state index is 4.09. The third-order valence-electron chi connectivity index (χ3n) is 16.1. The predicted octanol–water partition coefficient (Wildman–Crippen LogP) is 19.0. The number of nitrogens with zero attached hydrogens (tertiary/aromatic N) is 2. The van der Waals surface area contributed by atoms with Crippen LogP contribution >= 0.6 is 0 Å². The first-order valence-corrected chi connectivity index (χ1v) is 26.1. The van der Waals surface area contributed by atoms with E-state index in [2.05, 4.69) is 277 Å². The van der Waals surface area contributed by atoms with E-state index in [0.717, 1.165) is 45.9 Å². The van der Waals surface area contributed by atoms with E-state index in [1.165, 1.54) is 101 Å². The molecule has 14 rings (SSSR count). The molecule has 11 aromatic carbocycles. The van der Waals surface area contributed by atoms with Crippen LogP contribution in [0.1, 0.15) is 44.5 Å². The van der Waals surface area contributed by atoms with E-state index in [4.69, 9.17) is 0 Å². The van der Waals surface area contributed by atoms with Gasteiger partial charge in [0.2, 0.25) is 0 Å². The number of anilines is 3. The van der Waals surface area contributed by atoms with Gasteiger partial charge in [-0.25, -0.2) is 0 Å². The molecule has 0 bridgehead atoms. The Morgan fingerprint density at radius 2 is 0.840 bits per heavy atom. The minimum atomic E-state index is -0.561. The van der Waals surface area contributed by atoms with E-state index >= 15 is 0 Å². The van der Waals surface area contributed by atoms with Crippen molar-refractivity contribution in [3.8, 4) is 50.2 Å². The zero-order valence-corrected chi connectivity index (χ0v) is 41.6. The lowest BCUT2D eigenvalue weighted by Crippen LogP contribution is -2.28. The molecule has 0 saturated heterocycles.